The summed E-state index contributed by atoms with van der Waals surface area (Å²) < 4.78 is 17.8. The lowest BCUT2D eigenvalue weighted by atomic mass is 9.69. The number of ketones is 1. The summed E-state index contributed by atoms with van der Waals surface area (Å²) in [5.41, 5.74) is -0.575. The lowest BCUT2D eigenvalue weighted by molar-refractivity contribution is -0.155. The van der Waals surface area contributed by atoms with Crippen LogP contribution in [0.25, 0.3) is 6.08 Å². The molecular formula is C31H43NO8S. The number of esters is 2. The molecule has 8 atom stereocenters. The van der Waals surface area contributed by atoms with Gasteiger partial charge in [-0.2, -0.15) is 0 Å². The summed E-state index contributed by atoms with van der Waals surface area (Å²) in [6.07, 6.45) is 3.84. The first-order valence-electron chi connectivity index (χ1n) is 14.5. The van der Waals surface area contributed by atoms with E-state index in [0.717, 1.165) is 16.3 Å². The Hall–Kier alpha value is -2.40. The van der Waals surface area contributed by atoms with Gasteiger partial charge in [0.1, 0.15) is 24.1 Å². The van der Waals surface area contributed by atoms with E-state index in [1.165, 1.54) is 11.3 Å². The SMILES string of the molecule is C/C(=C\c1csc(C)n1)[C@@H]1C[C@@H]2OC23CCC[C@H](C)[C@H](O)[C@@H](C)C(=O)[C@](C)(C/C=C/CC(=O)OC3)[C@@H](O)CC(=O)O1. The molecule has 0 aliphatic carbocycles. The summed E-state index contributed by atoms with van der Waals surface area (Å²) in [6.45, 7) is 9.06. The zero-order valence-corrected chi connectivity index (χ0v) is 25.4. The molecule has 5 heterocycles. The number of aliphatic hydroxyl groups excluding tert-OH is 2. The Morgan fingerprint density at radius 2 is 1.93 bits per heavy atom. The van der Waals surface area contributed by atoms with Crippen LogP contribution in [0.4, 0.5) is 0 Å². The van der Waals surface area contributed by atoms with Crippen LogP contribution in [0.5, 0.6) is 0 Å². The van der Waals surface area contributed by atoms with Crippen LogP contribution in [-0.4, -0.2) is 69.5 Å². The van der Waals surface area contributed by atoms with Crippen molar-refractivity contribution in [1.29, 1.82) is 0 Å². The van der Waals surface area contributed by atoms with Crippen molar-refractivity contribution in [3.05, 3.63) is 33.8 Å². The predicted octanol–water partition coefficient (Wildman–Crippen LogP) is 4.33. The zero-order valence-electron chi connectivity index (χ0n) is 24.6. The summed E-state index contributed by atoms with van der Waals surface area (Å²) in [6, 6.07) is 0. The van der Waals surface area contributed by atoms with Gasteiger partial charge in [0.05, 0.1) is 47.3 Å². The van der Waals surface area contributed by atoms with Crippen molar-refractivity contribution in [2.45, 2.75) is 110 Å². The summed E-state index contributed by atoms with van der Waals surface area (Å²) in [5.74, 6) is -2.33. The van der Waals surface area contributed by atoms with Crippen LogP contribution < -0.4 is 0 Å². The number of nitrogens with zero attached hydrogens (tertiary/aromatic N) is 1. The Morgan fingerprint density at radius 1 is 1.17 bits per heavy atom. The van der Waals surface area contributed by atoms with Gasteiger partial charge in [0.2, 0.25) is 0 Å². The number of epoxide rings is 1. The van der Waals surface area contributed by atoms with Crippen LogP contribution in [0, 0.1) is 24.2 Å². The highest BCUT2D eigenvalue weighted by Crippen LogP contribution is 2.46. The Morgan fingerprint density at radius 3 is 2.63 bits per heavy atom. The van der Waals surface area contributed by atoms with Crippen molar-refractivity contribution < 1.29 is 38.8 Å². The second-order valence-corrected chi connectivity index (χ2v) is 13.3. The van der Waals surface area contributed by atoms with Gasteiger partial charge >= 0.3 is 11.9 Å². The predicted molar refractivity (Wildman–Crippen MR) is 154 cm³/mol. The topological polar surface area (TPSA) is 136 Å². The Bertz CT molecular complexity index is 1190. The molecule has 0 radical (unpaired) electrons. The fourth-order valence-corrected chi connectivity index (χ4v) is 6.62. The first-order valence-corrected chi connectivity index (χ1v) is 15.4. The third-order valence-electron chi connectivity index (χ3n) is 9.03. The van der Waals surface area contributed by atoms with Gasteiger partial charge < -0.3 is 24.4 Å². The third kappa shape index (κ3) is 7.34. The van der Waals surface area contributed by atoms with Crippen LogP contribution >= 0.6 is 11.3 Å². The fraction of sp³-hybridized carbons (Fsp3) is 0.677. The van der Waals surface area contributed by atoms with Crippen molar-refractivity contribution in [3.8, 4) is 0 Å². The Kier molecular flexibility index (Phi) is 9.89. The van der Waals surface area contributed by atoms with Crippen LogP contribution in [0.2, 0.25) is 0 Å². The van der Waals surface area contributed by atoms with Gasteiger partial charge in [-0.25, -0.2) is 4.98 Å². The van der Waals surface area contributed by atoms with Gasteiger partial charge in [0, 0.05) is 17.7 Å². The summed E-state index contributed by atoms with van der Waals surface area (Å²) in [4.78, 5) is 44.2. The standard InChI is InChI=1S/C31H43NO8S/c1-18-9-8-12-31-17-38-26(34)10-6-7-11-30(5,29(37)20(3)28(18)36)24(33)15-27(35)39-23(14-25(31)40-31)19(2)13-22-16-41-21(4)32-22/h6-7,13,16,18,20,23-25,28,33,36H,8-12,14-15,17H2,1-5H3/b7-6+,19-13+/t18-,20+,23-,24-,25-,28-,30+,31?/m0/s1. The molecule has 1 unspecified atom stereocenters. The maximum atomic E-state index is 13.8. The molecule has 0 amide bonds. The number of Topliss-reactive ketones (excluding diaryl/α,β-unsaturated/α-hetero) is 1. The average molecular weight is 590 g/mol. The molecule has 41 heavy (non-hydrogen) atoms. The third-order valence-corrected chi connectivity index (χ3v) is 9.82. The molecule has 0 saturated carbocycles. The van der Waals surface area contributed by atoms with E-state index in [9.17, 15) is 24.6 Å². The van der Waals surface area contributed by atoms with Gasteiger partial charge in [-0.3, -0.25) is 14.4 Å². The monoisotopic (exact) mass is 589 g/mol. The number of aliphatic hydroxyl groups is 2. The molecule has 1 aromatic rings. The van der Waals surface area contributed by atoms with E-state index in [0.29, 0.717) is 25.7 Å². The van der Waals surface area contributed by atoms with E-state index in [4.69, 9.17) is 14.2 Å². The number of aryl methyl sites for hydroxylation is 1. The number of hydrogen-bond acceptors (Lipinski definition) is 10. The van der Waals surface area contributed by atoms with E-state index in [1.807, 2.05) is 32.2 Å². The molecule has 5 rings (SSSR count). The normalized spacial score (nSPS) is 38.8. The number of rotatable bonds is 2. The van der Waals surface area contributed by atoms with Crippen molar-refractivity contribution in [2.75, 3.05) is 6.61 Å². The van der Waals surface area contributed by atoms with E-state index < -0.39 is 53.6 Å². The van der Waals surface area contributed by atoms with E-state index >= 15 is 0 Å². The van der Waals surface area contributed by atoms with E-state index in [1.54, 1.807) is 26.0 Å². The number of carbonyl (C=O) groups excluding carboxylic acids is 3. The minimum Gasteiger partial charge on any atom is -0.462 e. The minimum absolute atomic E-state index is 0.00982. The number of allylic oxidation sites excluding steroid dienone is 1. The maximum absolute atomic E-state index is 13.8. The zero-order chi connectivity index (χ0) is 29.9. The highest BCUT2D eigenvalue weighted by molar-refractivity contribution is 7.09. The molecule has 2 bridgehead atoms. The molecule has 226 valence electrons. The summed E-state index contributed by atoms with van der Waals surface area (Å²) >= 11 is 1.52. The van der Waals surface area contributed by atoms with Gasteiger partial charge in [0.15, 0.2) is 0 Å². The molecule has 4 aliphatic heterocycles. The second kappa shape index (κ2) is 12.9. The number of carbonyl (C=O) groups is 3. The molecule has 10 heteroatoms. The quantitative estimate of drug-likeness (QED) is 0.293. The molecule has 2 fully saturated rings. The molecule has 1 spiro atoms. The summed E-state index contributed by atoms with van der Waals surface area (Å²) in [5, 5.41) is 25.3. The van der Waals surface area contributed by atoms with E-state index in [-0.39, 0.29) is 37.3 Å². The molecule has 2 N–H and O–H groups in total. The van der Waals surface area contributed by atoms with Crippen molar-refractivity contribution in [3.63, 3.8) is 0 Å². The van der Waals surface area contributed by atoms with Crippen molar-refractivity contribution in [2.24, 2.45) is 17.3 Å². The van der Waals surface area contributed by atoms with E-state index in [2.05, 4.69) is 4.98 Å². The highest BCUT2D eigenvalue weighted by atomic mass is 32.1. The molecule has 1 aromatic heterocycles. The number of aromatic nitrogens is 1. The first kappa shape index (κ1) is 31.5. The highest BCUT2D eigenvalue weighted by Gasteiger charge is 2.58. The molecule has 9 nitrogen and oxygen atoms in total. The van der Waals surface area contributed by atoms with Crippen molar-refractivity contribution >= 4 is 35.1 Å². The lowest BCUT2D eigenvalue weighted by Crippen LogP contribution is -2.47. The van der Waals surface area contributed by atoms with Crippen LogP contribution in [0.3, 0.4) is 0 Å². The lowest BCUT2D eigenvalue weighted by Gasteiger charge is -2.37. The minimum atomic E-state index is -1.39. The van der Waals surface area contributed by atoms with Gasteiger partial charge in [0.25, 0.3) is 0 Å². The smallest absolute Gasteiger partial charge is 0.309 e. The first-order chi connectivity index (χ1) is 19.3. The van der Waals surface area contributed by atoms with Crippen molar-refractivity contribution in [1.82, 2.24) is 4.98 Å². The second-order valence-electron chi connectivity index (χ2n) is 12.3. The molecular weight excluding hydrogens is 546 g/mol. The molecule has 0 aromatic carbocycles. The number of thiazole rings is 1. The Balaban J connectivity index is 1.74. The number of hydrogen-bond donors (Lipinski definition) is 2. The summed E-state index contributed by atoms with van der Waals surface area (Å²) in [7, 11) is 0. The molecule has 2 saturated heterocycles. The number of ether oxygens (including phenoxy) is 3. The fourth-order valence-electron chi connectivity index (χ4n) is 6.05. The average Bonchev–Trinajstić information content (AvgIpc) is 3.44. The molecule has 4 aliphatic rings. The Labute approximate surface area is 246 Å². The van der Waals surface area contributed by atoms with Crippen LogP contribution in [-0.2, 0) is 28.6 Å². The van der Waals surface area contributed by atoms with Gasteiger partial charge in [-0.05, 0) is 64.0 Å². The van der Waals surface area contributed by atoms with Gasteiger partial charge in [-0.15, -0.1) is 11.3 Å². The van der Waals surface area contributed by atoms with Gasteiger partial charge in [-0.1, -0.05) is 26.0 Å². The maximum Gasteiger partial charge on any atom is 0.309 e. The number of fused-ring (bicyclic) bond motifs is 16. The van der Waals surface area contributed by atoms with Crippen LogP contribution in [0.15, 0.2) is 23.1 Å². The largest absolute Gasteiger partial charge is 0.462 e. The van der Waals surface area contributed by atoms with Crippen LogP contribution in [0.1, 0.15) is 83.3 Å².